The van der Waals surface area contributed by atoms with Crippen LogP contribution in [-0.2, 0) is 22.7 Å². The number of ketones is 1. The smallest absolute Gasteiger partial charge is 0.410 e. The van der Waals surface area contributed by atoms with Crippen LogP contribution in [-0.4, -0.2) is 80.5 Å². The number of carbonyl (C=O) groups is 3. The van der Waals surface area contributed by atoms with Crippen LogP contribution >= 0.6 is 0 Å². The monoisotopic (exact) mass is 632 g/mol. The Balaban J connectivity index is 0.000000250. The van der Waals surface area contributed by atoms with Crippen molar-refractivity contribution in [3.63, 3.8) is 0 Å². The van der Waals surface area contributed by atoms with E-state index in [0.29, 0.717) is 5.56 Å². The van der Waals surface area contributed by atoms with Gasteiger partial charge in [-0.1, -0.05) is 66.7 Å². The maximum Gasteiger partial charge on any atom is 0.410 e. The van der Waals surface area contributed by atoms with Crippen molar-refractivity contribution >= 4 is 18.0 Å². The highest BCUT2D eigenvalue weighted by Crippen LogP contribution is 2.28. The fourth-order valence-corrected chi connectivity index (χ4v) is 3.91. The van der Waals surface area contributed by atoms with Gasteiger partial charge in [0.05, 0.1) is 19.2 Å². The van der Waals surface area contributed by atoms with Gasteiger partial charge in [0.15, 0.2) is 28.8 Å². The van der Waals surface area contributed by atoms with E-state index in [4.69, 9.17) is 9.47 Å². The average Bonchev–Trinajstić information content (AvgIpc) is 3.06. The second-order valence-electron chi connectivity index (χ2n) is 10.2. The van der Waals surface area contributed by atoms with Crippen molar-refractivity contribution in [1.29, 1.82) is 0 Å². The molecular formula is C34H36N2O10. The average molecular weight is 633 g/mol. The molecule has 2 amide bonds. The van der Waals surface area contributed by atoms with Gasteiger partial charge in [-0.25, -0.2) is 9.59 Å². The van der Waals surface area contributed by atoms with Crippen LogP contribution in [0.1, 0.15) is 33.2 Å². The van der Waals surface area contributed by atoms with Gasteiger partial charge >= 0.3 is 12.2 Å². The van der Waals surface area contributed by atoms with Crippen molar-refractivity contribution in [3.8, 4) is 23.0 Å². The first-order valence-corrected chi connectivity index (χ1v) is 14.0. The summed E-state index contributed by atoms with van der Waals surface area (Å²) in [5.41, 5.74) is 2.31. The Bertz CT molecular complexity index is 1600. The van der Waals surface area contributed by atoms with E-state index >= 15 is 0 Å². The molecule has 0 saturated heterocycles. The number of phenols is 4. The Morgan fingerprint density at radius 1 is 0.630 bits per heavy atom. The fourth-order valence-electron chi connectivity index (χ4n) is 3.91. The highest BCUT2D eigenvalue weighted by Gasteiger charge is 2.18. The summed E-state index contributed by atoms with van der Waals surface area (Å²) < 4.78 is 10.3. The first-order chi connectivity index (χ1) is 21.9. The highest BCUT2D eigenvalue weighted by atomic mass is 16.6. The summed E-state index contributed by atoms with van der Waals surface area (Å²) >= 11 is 0. The Morgan fingerprint density at radius 3 is 1.61 bits per heavy atom. The molecule has 12 nitrogen and oxygen atoms in total. The lowest BCUT2D eigenvalue weighted by Gasteiger charge is -2.21. The van der Waals surface area contributed by atoms with Crippen LogP contribution in [0.2, 0.25) is 0 Å². The lowest BCUT2D eigenvalue weighted by molar-refractivity contribution is 0.0787. The molecule has 242 valence electrons. The van der Waals surface area contributed by atoms with Crippen LogP contribution in [0.15, 0.2) is 97.1 Å². The maximum absolute atomic E-state index is 12.1. The third kappa shape index (κ3) is 10.8. The molecular weight excluding hydrogens is 596 g/mol. The fraction of sp³-hybridized carbons (Fsp3) is 0.206. The molecule has 0 unspecified atom stereocenters. The third-order valence-electron chi connectivity index (χ3n) is 6.54. The van der Waals surface area contributed by atoms with E-state index in [9.17, 15) is 39.9 Å². The molecule has 0 aliphatic carbocycles. The summed E-state index contributed by atoms with van der Waals surface area (Å²) in [7, 11) is 2.96. The summed E-state index contributed by atoms with van der Waals surface area (Å²) in [6.45, 7) is 0.0774. The number of nitrogens with zero attached hydrogens (tertiary/aromatic N) is 2. The molecule has 12 heteroatoms. The molecule has 4 aromatic rings. The summed E-state index contributed by atoms with van der Waals surface area (Å²) in [5, 5.41) is 47.4. The van der Waals surface area contributed by atoms with Gasteiger partial charge in [-0.2, -0.15) is 0 Å². The molecule has 0 bridgehead atoms. The molecule has 0 spiro atoms. The number of amides is 2. The number of Topliss-reactive ketones (excluding diaryl/α,β-unsaturated/α-hetero) is 1. The lowest BCUT2D eigenvalue weighted by Crippen LogP contribution is -2.32. The van der Waals surface area contributed by atoms with Gasteiger partial charge in [0.25, 0.3) is 0 Å². The number of likely N-dealkylation sites (N-methyl/N-ethyl adjacent to an activating group) is 2. The zero-order valence-electron chi connectivity index (χ0n) is 25.3. The number of aliphatic hydroxyl groups excluding tert-OH is 1. The van der Waals surface area contributed by atoms with Crippen molar-refractivity contribution < 1.29 is 49.4 Å². The molecule has 0 aliphatic heterocycles. The third-order valence-corrected chi connectivity index (χ3v) is 6.54. The zero-order valence-corrected chi connectivity index (χ0v) is 25.3. The molecule has 0 aliphatic rings. The number of aliphatic hydroxyl groups is 1. The van der Waals surface area contributed by atoms with Crippen molar-refractivity contribution in [2.45, 2.75) is 19.3 Å². The number of rotatable bonds is 10. The van der Waals surface area contributed by atoms with Gasteiger partial charge in [0, 0.05) is 19.7 Å². The van der Waals surface area contributed by atoms with Crippen LogP contribution in [0.25, 0.3) is 0 Å². The Hall–Kier alpha value is -5.75. The van der Waals surface area contributed by atoms with Gasteiger partial charge in [0.1, 0.15) is 13.2 Å². The van der Waals surface area contributed by atoms with Crippen LogP contribution in [0.3, 0.4) is 0 Å². The van der Waals surface area contributed by atoms with E-state index in [1.807, 2.05) is 60.7 Å². The number of hydrogen-bond acceptors (Lipinski definition) is 10. The topological polar surface area (TPSA) is 177 Å². The number of benzene rings is 4. The van der Waals surface area contributed by atoms with Crippen molar-refractivity contribution in [2.24, 2.45) is 0 Å². The predicted molar refractivity (Wildman–Crippen MR) is 167 cm³/mol. The van der Waals surface area contributed by atoms with Gasteiger partial charge in [-0.3, -0.25) is 4.79 Å². The first-order valence-electron chi connectivity index (χ1n) is 14.0. The number of aromatic hydroxyl groups is 4. The zero-order chi connectivity index (χ0) is 33.6. The van der Waals surface area contributed by atoms with Crippen molar-refractivity contribution in [2.75, 3.05) is 27.2 Å². The molecule has 0 heterocycles. The van der Waals surface area contributed by atoms with Crippen molar-refractivity contribution in [3.05, 3.63) is 119 Å². The number of ether oxygens (including phenoxy) is 2. The van der Waals surface area contributed by atoms with Crippen LogP contribution in [0.5, 0.6) is 23.0 Å². The van der Waals surface area contributed by atoms with Gasteiger partial charge in [-0.15, -0.1) is 0 Å². The molecule has 0 radical (unpaired) electrons. The lowest BCUT2D eigenvalue weighted by atomic mass is 10.1. The molecule has 46 heavy (non-hydrogen) atoms. The number of hydrogen-bond donors (Lipinski definition) is 5. The van der Waals surface area contributed by atoms with Gasteiger partial charge in [0.2, 0.25) is 0 Å². The minimum Gasteiger partial charge on any atom is -0.504 e. The van der Waals surface area contributed by atoms with Crippen LogP contribution in [0, 0.1) is 0 Å². The summed E-state index contributed by atoms with van der Waals surface area (Å²) in [5.74, 6) is -1.66. The minimum absolute atomic E-state index is 0.00214. The van der Waals surface area contributed by atoms with E-state index in [1.165, 1.54) is 49.3 Å². The second kappa shape index (κ2) is 16.9. The molecule has 1 atom stereocenters. The van der Waals surface area contributed by atoms with Crippen LogP contribution in [0.4, 0.5) is 9.59 Å². The largest absolute Gasteiger partial charge is 0.504 e. The molecule has 4 aromatic carbocycles. The number of carbonyl (C=O) groups excluding carboxylic acids is 3. The van der Waals surface area contributed by atoms with Crippen molar-refractivity contribution in [1.82, 2.24) is 9.80 Å². The Kier molecular flexibility index (Phi) is 12.8. The van der Waals surface area contributed by atoms with Gasteiger partial charge < -0.3 is 44.8 Å². The highest BCUT2D eigenvalue weighted by molar-refractivity contribution is 5.99. The van der Waals surface area contributed by atoms with E-state index in [0.717, 1.165) is 22.1 Å². The number of phenolic OH excluding ortho intramolecular Hbond substituents is 4. The molecule has 0 fully saturated rings. The standard InChI is InChI=1S/C17H19NO5.C17H17NO5/c2*1-18(17(22)23-11-12-5-3-2-4-6-12)10-16(21)13-7-8-14(19)15(20)9-13/h2-9,16,19-21H,10-11H2,1H3;2-9,19-20H,10-11H2,1H3/t16-;/m0./s1. The molecule has 4 rings (SSSR count). The summed E-state index contributed by atoms with van der Waals surface area (Å²) in [4.78, 5) is 38.2. The Morgan fingerprint density at radius 2 is 1.11 bits per heavy atom. The molecule has 0 saturated carbocycles. The van der Waals surface area contributed by atoms with Gasteiger partial charge in [-0.05, 0) is 47.0 Å². The predicted octanol–water partition coefficient (Wildman–Crippen LogP) is 4.95. The molecule has 5 N–H and O–H groups in total. The van der Waals surface area contributed by atoms with E-state index < -0.39 is 18.3 Å². The summed E-state index contributed by atoms with van der Waals surface area (Å²) in [6.07, 6.45) is -2.18. The quantitative estimate of drug-likeness (QED) is 0.119. The normalized spacial score (nSPS) is 10.9. The Labute approximate surface area is 265 Å². The first kappa shape index (κ1) is 34.7. The second-order valence-corrected chi connectivity index (χ2v) is 10.2. The van der Waals surface area contributed by atoms with E-state index in [1.54, 1.807) is 0 Å². The van der Waals surface area contributed by atoms with E-state index in [2.05, 4.69) is 0 Å². The minimum atomic E-state index is -1.00. The van der Waals surface area contributed by atoms with Crippen LogP contribution < -0.4 is 0 Å². The maximum atomic E-state index is 12.1. The molecule has 0 aromatic heterocycles. The SMILES string of the molecule is CN(CC(=O)c1ccc(O)c(O)c1)C(=O)OCc1ccccc1.CN(C[C@H](O)c1ccc(O)c(O)c1)C(=O)OCc1ccccc1. The summed E-state index contributed by atoms with van der Waals surface area (Å²) in [6, 6.07) is 26.2. The van der Waals surface area contributed by atoms with E-state index in [-0.39, 0.29) is 60.6 Å².